The molecule has 0 radical (unpaired) electrons. The topological polar surface area (TPSA) is 30.7 Å². The summed E-state index contributed by atoms with van der Waals surface area (Å²) in [4.78, 5) is 0. The molecule has 66 valence electrons. The lowest BCUT2D eigenvalue weighted by atomic mass is 9.96. The third-order valence-corrected chi connectivity index (χ3v) is 2.28. The van der Waals surface area contributed by atoms with Crippen molar-refractivity contribution in [1.82, 2.24) is 14.8 Å². The molecular weight excluding hydrogens is 150 g/mol. The molecule has 0 fully saturated rings. The van der Waals surface area contributed by atoms with Crippen LogP contribution in [0.2, 0.25) is 0 Å². The molecule has 0 N–H and O–H groups in total. The van der Waals surface area contributed by atoms with Crippen molar-refractivity contribution in [1.29, 1.82) is 0 Å². The van der Waals surface area contributed by atoms with Gasteiger partial charge in [0.15, 0.2) is 0 Å². The van der Waals surface area contributed by atoms with Crippen molar-refractivity contribution in [3.8, 4) is 0 Å². The van der Waals surface area contributed by atoms with Crippen LogP contribution in [0.5, 0.6) is 0 Å². The SMILES string of the molecule is CC(C)(C)c1nnc2n1CCC2. The van der Waals surface area contributed by atoms with Gasteiger partial charge in [0.1, 0.15) is 11.6 Å². The van der Waals surface area contributed by atoms with Crippen LogP contribution in [0.4, 0.5) is 0 Å². The molecule has 3 nitrogen and oxygen atoms in total. The Hall–Kier alpha value is -0.860. The molecule has 2 rings (SSSR count). The standard InChI is InChI=1S/C9H15N3/c1-9(2,3)8-11-10-7-5-4-6-12(7)8/h4-6H2,1-3H3. The van der Waals surface area contributed by atoms with Crippen molar-refractivity contribution in [3.05, 3.63) is 11.6 Å². The summed E-state index contributed by atoms with van der Waals surface area (Å²) in [6.45, 7) is 7.66. The smallest absolute Gasteiger partial charge is 0.138 e. The Labute approximate surface area is 72.8 Å². The Morgan fingerprint density at radius 3 is 2.67 bits per heavy atom. The molecule has 0 aliphatic carbocycles. The summed E-state index contributed by atoms with van der Waals surface area (Å²) in [6, 6.07) is 0. The van der Waals surface area contributed by atoms with Gasteiger partial charge in [-0.25, -0.2) is 0 Å². The van der Waals surface area contributed by atoms with E-state index < -0.39 is 0 Å². The Kier molecular flexibility index (Phi) is 1.50. The highest BCUT2D eigenvalue weighted by Crippen LogP contribution is 2.24. The van der Waals surface area contributed by atoms with Crippen molar-refractivity contribution in [2.24, 2.45) is 0 Å². The Morgan fingerprint density at radius 2 is 2.00 bits per heavy atom. The van der Waals surface area contributed by atoms with Gasteiger partial charge in [0.05, 0.1) is 0 Å². The zero-order valence-corrected chi connectivity index (χ0v) is 7.96. The van der Waals surface area contributed by atoms with Crippen molar-refractivity contribution in [2.45, 2.75) is 45.6 Å². The van der Waals surface area contributed by atoms with Crippen LogP contribution in [0.1, 0.15) is 38.8 Å². The second-order valence-electron chi connectivity index (χ2n) is 4.45. The quantitative estimate of drug-likeness (QED) is 0.583. The van der Waals surface area contributed by atoms with E-state index in [-0.39, 0.29) is 5.41 Å². The molecule has 0 unspecified atom stereocenters. The fraction of sp³-hybridized carbons (Fsp3) is 0.778. The Balaban J connectivity index is 2.46. The minimum atomic E-state index is 0.135. The van der Waals surface area contributed by atoms with Gasteiger partial charge in [-0.15, -0.1) is 10.2 Å². The molecule has 3 heteroatoms. The maximum Gasteiger partial charge on any atom is 0.138 e. The average molecular weight is 165 g/mol. The highest BCUT2D eigenvalue weighted by atomic mass is 15.3. The molecule has 1 aromatic rings. The number of aromatic nitrogens is 3. The van der Waals surface area contributed by atoms with Crippen LogP contribution in [0.15, 0.2) is 0 Å². The van der Waals surface area contributed by atoms with Crippen LogP contribution in [0.3, 0.4) is 0 Å². The van der Waals surface area contributed by atoms with E-state index in [1.54, 1.807) is 0 Å². The second-order valence-corrected chi connectivity index (χ2v) is 4.45. The first-order valence-corrected chi connectivity index (χ1v) is 4.51. The number of rotatable bonds is 0. The lowest BCUT2D eigenvalue weighted by Crippen LogP contribution is -2.18. The van der Waals surface area contributed by atoms with Crippen molar-refractivity contribution < 1.29 is 0 Å². The highest BCUT2D eigenvalue weighted by Gasteiger charge is 2.25. The summed E-state index contributed by atoms with van der Waals surface area (Å²) in [5.74, 6) is 2.30. The Morgan fingerprint density at radius 1 is 1.25 bits per heavy atom. The summed E-state index contributed by atoms with van der Waals surface area (Å²) in [5, 5.41) is 8.40. The van der Waals surface area contributed by atoms with Gasteiger partial charge in [-0.3, -0.25) is 0 Å². The first-order chi connectivity index (χ1) is 5.59. The molecule has 0 bridgehead atoms. The van der Waals surface area contributed by atoms with Gasteiger partial charge in [0, 0.05) is 18.4 Å². The van der Waals surface area contributed by atoms with E-state index in [2.05, 4.69) is 35.5 Å². The van der Waals surface area contributed by atoms with Gasteiger partial charge < -0.3 is 4.57 Å². The average Bonchev–Trinajstić information content (AvgIpc) is 2.37. The largest absolute Gasteiger partial charge is 0.315 e. The maximum atomic E-state index is 4.22. The molecule has 1 aliphatic heterocycles. The van der Waals surface area contributed by atoms with Gasteiger partial charge in [-0.05, 0) is 6.42 Å². The van der Waals surface area contributed by atoms with Gasteiger partial charge in [-0.1, -0.05) is 20.8 Å². The number of aryl methyl sites for hydroxylation is 1. The number of fused-ring (bicyclic) bond motifs is 1. The second kappa shape index (κ2) is 2.31. The van der Waals surface area contributed by atoms with Crippen LogP contribution >= 0.6 is 0 Å². The Bertz CT molecular complexity index is 293. The minimum Gasteiger partial charge on any atom is -0.315 e. The third-order valence-electron chi connectivity index (χ3n) is 2.28. The number of hydrogen-bond donors (Lipinski definition) is 0. The fourth-order valence-corrected chi connectivity index (χ4v) is 1.71. The van der Waals surface area contributed by atoms with Gasteiger partial charge in [0.2, 0.25) is 0 Å². The highest BCUT2D eigenvalue weighted by molar-refractivity contribution is 5.08. The molecule has 0 amide bonds. The van der Waals surface area contributed by atoms with Gasteiger partial charge in [0.25, 0.3) is 0 Å². The molecule has 2 heterocycles. The van der Waals surface area contributed by atoms with E-state index in [4.69, 9.17) is 0 Å². The molecule has 0 atom stereocenters. The fourth-order valence-electron chi connectivity index (χ4n) is 1.71. The van der Waals surface area contributed by atoms with E-state index in [9.17, 15) is 0 Å². The van der Waals surface area contributed by atoms with Crippen molar-refractivity contribution in [3.63, 3.8) is 0 Å². The van der Waals surface area contributed by atoms with E-state index in [1.165, 1.54) is 12.2 Å². The number of nitrogens with zero attached hydrogens (tertiary/aromatic N) is 3. The molecular formula is C9H15N3. The van der Waals surface area contributed by atoms with Crippen LogP contribution in [0, 0.1) is 0 Å². The zero-order chi connectivity index (χ0) is 8.77. The summed E-state index contributed by atoms with van der Waals surface area (Å²) < 4.78 is 2.26. The molecule has 0 spiro atoms. The third kappa shape index (κ3) is 1.04. The van der Waals surface area contributed by atoms with Crippen LogP contribution in [0.25, 0.3) is 0 Å². The predicted octanol–water partition coefficient (Wildman–Crippen LogP) is 1.52. The lowest BCUT2D eigenvalue weighted by molar-refractivity contribution is 0.504. The molecule has 1 aromatic heterocycles. The summed E-state index contributed by atoms with van der Waals surface area (Å²) in [7, 11) is 0. The summed E-state index contributed by atoms with van der Waals surface area (Å²) in [6.07, 6.45) is 2.33. The normalized spacial score (nSPS) is 16.6. The molecule has 0 saturated carbocycles. The molecule has 0 saturated heterocycles. The van der Waals surface area contributed by atoms with Crippen molar-refractivity contribution in [2.75, 3.05) is 0 Å². The van der Waals surface area contributed by atoms with Crippen molar-refractivity contribution >= 4 is 0 Å². The van der Waals surface area contributed by atoms with E-state index in [0.717, 1.165) is 18.8 Å². The predicted molar refractivity (Wildman–Crippen MR) is 47.0 cm³/mol. The number of hydrogen-bond acceptors (Lipinski definition) is 2. The zero-order valence-electron chi connectivity index (χ0n) is 7.96. The first kappa shape index (κ1) is 7.77. The minimum absolute atomic E-state index is 0.135. The van der Waals surface area contributed by atoms with Gasteiger partial charge >= 0.3 is 0 Å². The van der Waals surface area contributed by atoms with Crippen LogP contribution in [-0.2, 0) is 18.4 Å². The summed E-state index contributed by atoms with van der Waals surface area (Å²) in [5.41, 5.74) is 0.135. The maximum absolute atomic E-state index is 4.22. The van der Waals surface area contributed by atoms with E-state index in [1.807, 2.05) is 0 Å². The first-order valence-electron chi connectivity index (χ1n) is 4.51. The monoisotopic (exact) mass is 165 g/mol. The van der Waals surface area contributed by atoms with E-state index in [0.29, 0.717) is 0 Å². The summed E-state index contributed by atoms with van der Waals surface area (Å²) >= 11 is 0. The van der Waals surface area contributed by atoms with Crippen LogP contribution < -0.4 is 0 Å². The molecule has 0 aromatic carbocycles. The van der Waals surface area contributed by atoms with Gasteiger partial charge in [-0.2, -0.15) is 0 Å². The molecule has 1 aliphatic rings. The van der Waals surface area contributed by atoms with E-state index >= 15 is 0 Å². The lowest BCUT2D eigenvalue weighted by Gasteiger charge is -2.17. The molecule has 12 heavy (non-hydrogen) atoms. The van der Waals surface area contributed by atoms with Crippen LogP contribution in [-0.4, -0.2) is 14.8 Å².